The SMILES string of the molecule is CC(=O)N1CCC/C=C/CN(C)C(=O)c2cc(S(=O)(=O)NCCOc3ccccc3)ccc2OC[C@@H]1CC(C)C. The van der Waals surface area contributed by atoms with Crippen molar-refractivity contribution in [2.24, 2.45) is 5.92 Å². The van der Waals surface area contributed by atoms with Crippen LogP contribution in [0.2, 0.25) is 0 Å². The molecule has 1 heterocycles. The molecular formula is C30H41N3O6S. The minimum absolute atomic E-state index is 0.0230. The zero-order chi connectivity index (χ0) is 29.1. The zero-order valence-corrected chi connectivity index (χ0v) is 24.7. The van der Waals surface area contributed by atoms with Gasteiger partial charge in [0.05, 0.1) is 16.5 Å². The van der Waals surface area contributed by atoms with E-state index >= 15 is 0 Å². The maximum atomic E-state index is 13.4. The van der Waals surface area contributed by atoms with Crippen LogP contribution in [-0.2, 0) is 14.8 Å². The number of ether oxygens (including phenoxy) is 2. The zero-order valence-electron chi connectivity index (χ0n) is 23.8. The number of benzene rings is 2. The fourth-order valence-electron chi connectivity index (χ4n) is 4.55. The highest BCUT2D eigenvalue weighted by Gasteiger charge is 2.26. The number of nitrogens with zero attached hydrogens (tertiary/aromatic N) is 2. The molecule has 3 rings (SSSR count). The van der Waals surface area contributed by atoms with Gasteiger partial charge in [-0.25, -0.2) is 13.1 Å². The number of amides is 2. The summed E-state index contributed by atoms with van der Waals surface area (Å²) in [6.07, 6.45) is 6.23. The Morgan fingerprint density at radius 1 is 1.15 bits per heavy atom. The molecule has 9 nitrogen and oxygen atoms in total. The van der Waals surface area contributed by atoms with Gasteiger partial charge in [0.25, 0.3) is 5.91 Å². The lowest BCUT2D eigenvalue weighted by atomic mass is 10.0. The Morgan fingerprint density at radius 3 is 2.60 bits per heavy atom. The second-order valence-electron chi connectivity index (χ2n) is 10.3. The van der Waals surface area contributed by atoms with Gasteiger partial charge in [-0.15, -0.1) is 0 Å². The highest BCUT2D eigenvalue weighted by molar-refractivity contribution is 7.89. The van der Waals surface area contributed by atoms with Crippen molar-refractivity contribution in [3.63, 3.8) is 0 Å². The van der Waals surface area contributed by atoms with E-state index in [-0.39, 0.29) is 53.8 Å². The molecule has 0 radical (unpaired) electrons. The third-order valence-corrected chi connectivity index (χ3v) is 8.04. The number of rotatable bonds is 8. The predicted octanol–water partition coefficient (Wildman–Crippen LogP) is 4.11. The number of carbonyl (C=O) groups excluding carboxylic acids is 2. The molecule has 2 aromatic rings. The Kier molecular flexibility index (Phi) is 11.6. The predicted molar refractivity (Wildman–Crippen MR) is 155 cm³/mol. The molecule has 10 heteroatoms. The Labute approximate surface area is 238 Å². The minimum Gasteiger partial charge on any atom is -0.492 e. The minimum atomic E-state index is -3.92. The van der Waals surface area contributed by atoms with Crippen LogP contribution < -0.4 is 14.2 Å². The van der Waals surface area contributed by atoms with Gasteiger partial charge in [0.2, 0.25) is 15.9 Å². The van der Waals surface area contributed by atoms with Gasteiger partial charge in [-0.1, -0.05) is 44.2 Å². The Morgan fingerprint density at radius 2 is 1.90 bits per heavy atom. The van der Waals surface area contributed by atoms with Crippen molar-refractivity contribution in [2.45, 2.75) is 51.0 Å². The fraction of sp³-hybridized carbons (Fsp3) is 0.467. The molecule has 0 fully saturated rings. The molecule has 0 aliphatic carbocycles. The van der Waals surface area contributed by atoms with Crippen LogP contribution in [0.4, 0.5) is 0 Å². The van der Waals surface area contributed by atoms with Gasteiger partial charge in [0, 0.05) is 33.6 Å². The first kappa shape index (κ1) is 31.2. The van der Waals surface area contributed by atoms with E-state index < -0.39 is 10.0 Å². The maximum absolute atomic E-state index is 13.4. The van der Waals surface area contributed by atoms with Gasteiger partial charge >= 0.3 is 0 Å². The monoisotopic (exact) mass is 571 g/mol. The maximum Gasteiger partial charge on any atom is 0.257 e. The summed E-state index contributed by atoms with van der Waals surface area (Å²) in [7, 11) is -2.25. The van der Waals surface area contributed by atoms with Gasteiger partial charge in [-0.2, -0.15) is 0 Å². The Bertz CT molecular complexity index is 1260. The van der Waals surface area contributed by atoms with E-state index in [1.165, 1.54) is 23.1 Å². The highest BCUT2D eigenvalue weighted by Crippen LogP contribution is 2.26. The molecule has 2 aromatic carbocycles. The Hall–Kier alpha value is -3.37. The molecule has 1 atom stereocenters. The van der Waals surface area contributed by atoms with Crippen molar-refractivity contribution in [3.05, 3.63) is 66.2 Å². The lowest BCUT2D eigenvalue weighted by molar-refractivity contribution is -0.132. The number of para-hydroxylation sites is 1. The first-order valence-corrected chi connectivity index (χ1v) is 15.2. The molecule has 1 aliphatic rings. The number of sulfonamides is 1. The second-order valence-corrected chi connectivity index (χ2v) is 12.1. The van der Waals surface area contributed by atoms with E-state index in [4.69, 9.17) is 9.47 Å². The summed E-state index contributed by atoms with van der Waals surface area (Å²) >= 11 is 0. The smallest absolute Gasteiger partial charge is 0.257 e. The van der Waals surface area contributed by atoms with E-state index in [0.717, 1.165) is 19.3 Å². The number of carbonyl (C=O) groups is 2. The molecule has 218 valence electrons. The van der Waals surface area contributed by atoms with Crippen molar-refractivity contribution in [1.82, 2.24) is 14.5 Å². The number of hydrogen-bond acceptors (Lipinski definition) is 6. The van der Waals surface area contributed by atoms with Crippen LogP contribution in [0.1, 0.15) is 50.4 Å². The van der Waals surface area contributed by atoms with E-state index in [0.29, 0.717) is 24.8 Å². The van der Waals surface area contributed by atoms with Gasteiger partial charge in [0.15, 0.2) is 0 Å². The van der Waals surface area contributed by atoms with Crippen LogP contribution in [0.3, 0.4) is 0 Å². The molecule has 1 aliphatic heterocycles. The van der Waals surface area contributed by atoms with Crippen molar-refractivity contribution >= 4 is 21.8 Å². The molecule has 0 saturated heterocycles. The van der Waals surface area contributed by atoms with Crippen LogP contribution >= 0.6 is 0 Å². The van der Waals surface area contributed by atoms with Crippen LogP contribution in [0, 0.1) is 5.92 Å². The number of nitrogens with one attached hydrogen (secondary N) is 1. The third-order valence-electron chi connectivity index (χ3n) is 6.58. The van der Waals surface area contributed by atoms with Crippen LogP contribution in [0.15, 0.2) is 65.6 Å². The molecule has 0 spiro atoms. The molecule has 40 heavy (non-hydrogen) atoms. The first-order chi connectivity index (χ1) is 19.1. The van der Waals surface area contributed by atoms with Crippen molar-refractivity contribution in [2.75, 3.05) is 39.9 Å². The largest absolute Gasteiger partial charge is 0.492 e. The molecule has 0 bridgehead atoms. The highest BCUT2D eigenvalue weighted by atomic mass is 32.2. The van der Waals surface area contributed by atoms with Crippen LogP contribution in [0.25, 0.3) is 0 Å². The standard InChI is InChI=1S/C30H41N3O6S/c1-23(2)20-25-22-39-29-15-14-27(40(36,37)31-16-19-38-26-12-8-7-9-13-26)21-28(29)30(35)32(4)17-10-5-6-11-18-33(25)24(3)34/h5,7-10,12-15,21,23,25,31H,6,11,16-20,22H2,1-4H3/b10-5+/t25-/m0/s1. The van der Waals surface area contributed by atoms with Gasteiger partial charge in [-0.3, -0.25) is 9.59 Å². The normalized spacial score (nSPS) is 18.0. The lowest BCUT2D eigenvalue weighted by Gasteiger charge is -2.32. The lowest BCUT2D eigenvalue weighted by Crippen LogP contribution is -2.44. The average Bonchev–Trinajstić information content (AvgIpc) is 2.92. The van der Waals surface area contributed by atoms with E-state index in [2.05, 4.69) is 18.6 Å². The van der Waals surface area contributed by atoms with Gasteiger partial charge in [0.1, 0.15) is 24.7 Å². The molecule has 0 aromatic heterocycles. The number of hydrogen-bond donors (Lipinski definition) is 1. The van der Waals surface area contributed by atoms with Gasteiger partial charge < -0.3 is 19.3 Å². The number of likely N-dealkylation sites (N-methyl/N-ethyl adjacent to an activating group) is 1. The van der Waals surface area contributed by atoms with Crippen LogP contribution in [-0.4, -0.2) is 76.0 Å². The molecule has 1 N–H and O–H groups in total. The molecule has 2 amide bonds. The fourth-order valence-corrected chi connectivity index (χ4v) is 5.58. The first-order valence-electron chi connectivity index (χ1n) is 13.7. The third kappa shape index (κ3) is 9.09. The summed E-state index contributed by atoms with van der Waals surface area (Å²) in [6, 6.07) is 13.2. The number of allylic oxidation sites excluding steroid dienone is 1. The average molecular weight is 572 g/mol. The van der Waals surface area contributed by atoms with E-state index in [1.807, 2.05) is 35.3 Å². The molecule has 0 unspecified atom stereocenters. The summed E-state index contributed by atoms with van der Waals surface area (Å²) in [4.78, 5) is 29.3. The van der Waals surface area contributed by atoms with Crippen molar-refractivity contribution < 1.29 is 27.5 Å². The van der Waals surface area contributed by atoms with Crippen LogP contribution in [0.5, 0.6) is 11.5 Å². The van der Waals surface area contributed by atoms with Crippen molar-refractivity contribution in [1.29, 1.82) is 0 Å². The summed E-state index contributed by atoms with van der Waals surface area (Å²) in [5, 5.41) is 0. The summed E-state index contributed by atoms with van der Waals surface area (Å²) in [5.41, 5.74) is 0.147. The second kappa shape index (κ2) is 14.9. The summed E-state index contributed by atoms with van der Waals surface area (Å²) in [6.45, 7) is 7.11. The molecule has 0 saturated carbocycles. The quantitative estimate of drug-likeness (QED) is 0.378. The summed E-state index contributed by atoms with van der Waals surface area (Å²) < 4.78 is 40.4. The van der Waals surface area contributed by atoms with Gasteiger partial charge in [-0.05, 0) is 55.5 Å². The van der Waals surface area contributed by atoms with Crippen molar-refractivity contribution in [3.8, 4) is 11.5 Å². The number of fused-ring (bicyclic) bond motifs is 1. The summed E-state index contributed by atoms with van der Waals surface area (Å²) in [5.74, 6) is 0.870. The Balaban J connectivity index is 1.85. The van der Waals surface area contributed by atoms with E-state index in [1.54, 1.807) is 26.1 Å². The topological polar surface area (TPSA) is 105 Å². The van der Waals surface area contributed by atoms with E-state index in [9.17, 15) is 18.0 Å². The molecular weight excluding hydrogens is 530 g/mol.